The first-order chi connectivity index (χ1) is 11.1. The standard InChI is InChI=1S/C18H15NO4/c1-19(13-8-4-3-5-9-13)17(20)14-11-12-7-6-10-15(22-2)16(12)23-18(14)21/h3-11H,1-2H3. The Bertz CT molecular complexity index is 915. The smallest absolute Gasteiger partial charge is 0.349 e. The highest BCUT2D eigenvalue weighted by molar-refractivity contribution is 6.06. The zero-order valence-corrected chi connectivity index (χ0v) is 12.8. The van der Waals surface area contributed by atoms with Crippen LogP contribution in [-0.2, 0) is 0 Å². The second kappa shape index (κ2) is 5.96. The molecule has 3 aromatic rings. The predicted molar refractivity (Wildman–Crippen MR) is 88.2 cm³/mol. The van der Waals surface area contributed by atoms with Crippen molar-refractivity contribution in [2.24, 2.45) is 0 Å². The maximum Gasteiger partial charge on any atom is 0.349 e. The van der Waals surface area contributed by atoms with Crippen molar-refractivity contribution in [3.8, 4) is 5.75 Å². The highest BCUT2D eigenvalue weighted by Gasteiger charge is 2.19. The number of hydrogen-bond acceptors (Lipinski definition) is 4. The number of anilines is 1. The number of fused-ring (bicyclic) bond motifs is 1. The van der Waals surface area contributed by atoms with Crippen molar-refractivity contribution in [1.29, 1.82) is 0 Å². The maximum atomic E-state index is 12.6. The molecule has 0 aliphatic carbocycles. The number of carbonyl (C=O) groups is 1. The van der Waals surface area contributed by atoms with E-state index in [1.807, 2.05) is 18.2 Å². The lowest BCUT2D eigenvalue weighted by molar-refractivity contribution is 0.0989. The predicted octanol–water partition coefficient (Wildman–Crippen LogP) is 3.08. The van der Waals surface area contributed by atoms with Crippen LogP contribution in [0.15, 0.2) is 63.8 Å². The van der Waals surface area contributed by atoms with Gasteiger partial charge < -0.3 is 14.1 Å². The first kappa shape index (κ1) is 14.8. The van der Waals surface area contributed by atoms with Gasteiger partial charge in [0.15, 0.2) is 11.3 Å². The van der Waals surface area contributed by atoms with E-state index in [-0.39, 0.29) is 5.56 Å². The fourth-order valence-corrected chi connectivity index (χ4v) is 2.38. The van der Waals surface area contributed by atoms with E-state index in [2.05, 4.69) is 0 Å². The molecule has 0 fully saturated rings. The average molecular weight is 309 g/mol. The molecule has 116 valence electrons. The summed E-state index contributed by atoms with van der Waals surface area (Å²) in [4.78, 5) is 26.2. The van der Waals surface area contributed by atoms with Crippen molar-refractivity contribution >= 4 is 22.6 Å². The van der Waals surface area contributed by atoms with E-state index in [1.54, 1.807) is 37.4 Å². The van der Waals surface area contributed by atoms with Gasteiger partial charge in [-0.2, -0.15) is 0 Å². The summed E-state index contributed by atoms with van der Waals surface area (Å²) in [6.07, 6.45) is 0. The maximum absolute atomic E-state index is 12.6. The monoisotopic (exact) mass is 309 g/mol. The van der Waals surface area contributed by atoms with Crippen molar-refractivity contribution < 1.29 is 13.9 Å². The quantitative estimate of drug-likeness (QED) is 0.698. The molecular weight excluding hydrogens is 294 g/mol. The Morgan fingerprint density at radius 2 is 1.83 bits per heavy atom. The third kappa shape index (κ3) is 2.68. The Kier molecular flexibility index (Phi) is 3.85. The van der Waals surface area contributed by atoms with Gasteiger partial charge in [0.2, 0.25) is 0 Å². The van der Waals surface area contributed by atoms with E-state index < -0.39 is 11.5 Å². The van der Waals surface area contributed by atoms with Gasteiger partial charge in [0.05, 0.1) is 7.11 Å². The first-order valence-electron chi connectivity index (χ1n) is 7.06. The fraction of sp³-hybridized carbons (Fsp3) is 0.111. The molecule has 0 bridgehead atoms. The van der Waals surface area contributed by atoms with Crippen LogP contribution in [0.25, 0.3) is 11.0 Å². The minimum absolute atomic E-state index is 0.0166. The van der Waals surface area contributed by atoms with E-state index in [9.17, 15) is 9.59 Å². The minimum Gasteiger partial charge on any atom is -0.493 e. The summed E-state index contributed by atoms with van der Waals surface area (Å²) in [5.74, 6) is 0.0321. The lowest BCUT2D eigenvalue weighted by Crippen LogP contribution is -2.30. The summed E-state index contributed by atoms with van der Waals surface area (Å²) in [6.45, 7) is 0. The van der Waals surface area contributed by atoms with Crippen LogP contribution in [0.1, 0.15) is 10.4 Å². The average Bonchev–Trinajstić information content (AvgIpc) is 2.60. The van der Waals surface area contributed by atoms with Gasteiger partial charge in [-0.05, 0) is 24.3 Å². The summed E-state index contributed by atoms with van der Waals surface area (Å²) in [6, 6.07) is 15.9. The summed E-state index contributed by atoms with van der Waals surface area (Å²) in [5.41, 5.74) is 0.327. The molecule has 0 radical (unpaired) electrons. The summed E-state index contributed by atoms with van der Waals surface area (Å²) in [5, 5.41) is 0.633. The second-order valence-electron chi connectivity index (χ2n) is 5.03. The van der Waals surface area contributed by atoms with E-state index in [1.165, 1.54) is 18.1 Å². The molecule has 5 nitrogen and oxygen atoms in total. The molecule has 0 saturated heterocycles. The van der Waals surface area contributed by atoms with Gasteiger partial charge in [-0.25, -0.2) is 4.79 Å². The number of ether oxygens (including phenoxy) is 1. The van der Waals surface area contributed by atoms with Crippen LogP contribution in [-0.4, -0.2) is 20.1 Å². The van der Waals surface area contributed by atoms with Gasteiger partial charge in [0.1, 0.15) is 5.56 Å². The minimum atomic E-state index is -0.685. The molecule has 0 saturated carbocycles. The first-order valence-corrected chi connectivity index (χ1v) is 7.06. The molecule has 1 heterocycles. The fourth-order valence-electron chi connectivity index (χ4n) is 2.38. The summed E-state index contributed by atoms with van der Waals surface area (Å²) in [7, 11) is 3.11. The highest BCUT2D eigenvalue weighted by Crippen LogP contribution is 2.25. The largest absolute Gasteiger partial charge is 0.493 e. The van der Waals surface area contributed by atoms with Crippen LogP contribution in [0.4, 0.5) is 5.69 Å². The second-order valence-corrected chi connectivity index (χ2v) is 5.03. The van der Waals surface area contributed by atoms with E-state index in [0.29, 0.717) is 22.4 Å². The van der Waals surface area contributed by atoms with Crippen molar-refractivity contribution in [1.82, 2.24) is 0 Å². The van der Waals surface area contributed by atoms with Crippen LogP contribution < -0.4 is 15.3 Å². The molecule has 0 N–H and O–H groups in total. The molecule has 0 unspecified atom stereocenters. The third-order valence-corrected chi connectivity index (χ3v) is 3.62. The van der Waals surface area contributed by atoms with Gasteiger partial charge >= 0.3 is 5.63 Å². The molecule has 3 rings (SSSR count). The molecule has 1 amide bonds. The van der Waals surface area contributed by atoms with Crippen LogP contribution in [0.3, 0.4) is 0 Å². The number of para-hydroxylation sites is 2. The van der Waals surface area contributed by atoms with Crippen LogP contribution in [0.5, 0.6) is 5.75 Å². The lowest BCUT2D eigenvalue weighted by Gasteiger charge is -2.16. The Morgan fingerprint density at radius 3 is 2.52 bits per heavy atom. The molecule has 0 spiro atoms. The molecule has 5 heteroatoms. The zero-order chi connectivity index (χ0) is 16.4. The lowest BCUT2D eigenvalue weighted by atomic mass is 10.1. The van der Waals surface area contributed by atoms with Crippen molar-refractivity contribution in [3.63, 3.8) is 0 Å². The van der Waals surface area contributed by atoms with E-state index in [0.717, 1.165) is 0 Å². The molecule has 2 aromatic carbocycles. The normalized spacial score (nSPS) is 10.5. The molecule has 1 aromatic heterocycles. The van der Waals surface area contributed by atoms with Gasteiger partial charge in [0, 0.05) is 18.1 Å². The number of benzene rings is 2. The Hall–Kier alpha value is -3.08. The number of methoxy groups -OCH3 is 1. The molecule has 0 aliphatic heterocycles. The van der Waals surface area contributed by atoms with Gasteiger partial charge in [-0.15, -0.1) is 0 Å². The molecule has 0 aliphatic rings. The van der Waals surface area contributed by atoms with Crippen LogP contribution in [0, 0.1) is 0 Å². The van der Waals surface area contributed by atoms with Crippen molar-refractivity contribution in [2.75, 3.05) is 19.1 Å². The van der Waals surface area contributed by atoms with Gasteiger partial charge in [0.25, 0.3) is 5.91 Å². The summed E-state index contributed by atoms with van der Waals surface area (Å²) < 4.78 is 10.5. The van der Waals surface area contributed by atoms with Gasteiger partial charge in [-0.1, -0.05) is 30.3 Å². The molecular formula is C18H15NO4. The number of nitrogens with zero attached hydrogens (tertiary/aromatic N) is 1. The topological polar surface area (TPSA) is 59.8 Å². The van der Waals surface area contributed by atoms with E-state index >= 15 is 0 Å². The van der Waals surface area contributed by atoms with Crippen molar-refractivity contribution in [3.05, 3.63) is 70.6 Å². The number of amides is 1. The zero-order valence-electron chi connectivity index (χ0n) is 12.8. The number of carbonyl (C=O) groups excluding carboxylic acids is 1. The third-order valence-electron chi connectivity index (χ3n) is 3.62. The highest BCUT2D eigenvalue weighted by atomic mass is 16.5. The Balaban J connectivity index is 2.08. The van der Waals surface area contributed by atoms with Gasteiger partial charge in [-0.3, -0.25) is 4.79 Å². The van der Waals surface area contributed by atoms with Crippen molar-refractivity contribution in [2.45, 2.75) is 0 Å². The molecule has 0 atom stereocenters. The number of hydrogen-bond donors (Lipinski definition) is 0. The molecule has 23 heavy (non-hydrogen) atoms. The van der Waals surface area contributed by atoms with Crippen LogP contribution in [0.2, 0.25) is 0 Å². The summed E-state index contributed by atoms with van der Waals surface area (Å²) >= 11 is 0. The SMILES string of the molecule is COc1cccc2cc(C(=O)N(C)c3ccccc3)c(=O)oc12. The number of rotatable bonds is 3. The Labute approximate surface area is 132 Å². The van der Waals surface area contributed by atoms with Crippen LogP contribution >= 0.6 is 0 Å². The Morgan fingerprint density at radius 1 is 1.09 bits per heavy atom. The van der Waals surface area contributed by atoms with E-state index in [4.69, 9.17) is 9.15 Å².